The standard InChI is InChI=1S/C15H20FN3O/c1-10-2-3-13(4-14(10)16)18-15(20)9-19-7-11-5-17-6-12(11)8-19/h2-4,11-12,17H,5-9H2,1H3,(H,18,20). The zero-order valence-electron chi connectivity index (χ0n) is 11.7. The third-order valence-electron chi connectivity index (χ3n) is 4.29. The smallest absolute Gasteiger partial charge is 0.238 e. The average molecular weight is 277 g/mol. The Hall–Kier alpha value is -1.46. The largest absolute Gasteiger partial charge is 0.325 e. The van der Waals surface area contributed by atoms with E-state index in [-0.39, 0.29) is 11.7 Å². The molecule has 5 heteroatoms. The summed E-state index contributed by atoms with van der Waals surface area (Å²) in [5, 5.41) is 6.15. The van der Waals surface area contributed by atoms with Gasteiger partial charge >= 0.3 is 0 Å². The molecule has 2 N–H and O–H groups in total. The number of benzene rings is 1. The number of rotatable bonds is 3. The molecule has 108 valence electrons. The second-order valence-electron chi connectivity index (χ2n) is 5.88. The van der Waals surface area contributed by atoms with E-state index in [9.17, 15) is 9.18 Å². The molecule has 2 heterocycles. The molecule has 0 aliphatic carbocycles. The Morgan fingerprint density at radius 1 is 1.40 bits per heavy atom. The molecule has 2 aliphatic heterocycles. The topological polar surface area (TPSA) is 44.4 Å². The van der Waals surface area contributed by atoms with Crippen LogP contribution in [0.15, 0.2) is 18.2 Å². The van der Waals surface area contributed by atoms with Crippen LogP contribution in [0.3, 0.4) is 0 Å². The van der Waals surface area contributed by atoms with Crippen molar-refractivity contribution in [3.63, 3.8) is 0 Å². The van der Waals surface area contributed by atoms with Gasteiger partial charge in [0.15, 0.2) is 0 Å². The van der Waals surface area contributed by atoms with Gasteiger partial charge in [-0.3, -0.25) is 9.69 Å². The first-order valence-electron chi connectivity index (χ1n) is 7.11. The summed E-state index contributed by atoms with van der Waals surface area (Å²) in [5.41, 5.74) is 1.11. The fourth-order valence-corrected chi connectivity index (χ4v) is 3.16. The minimum atomic E-state index is -0.287. The molecule has 2 saturated heterocycles. The van der Waals surface area contributed by atoms with Gasteiger partial charge in [0.1, 0.15) is 5.82 Å². The van der Waals surface area contributed by atoms with E-state index < -0.39 is 0 Å². The lowest BCUT2D eigenvalue weighted by Crippen LogP contribution is -2.33. The molecule has 0 radical (unpaired) electrons. The molecule has 0 spiro atoms. The van der Waals surface area contributed by atoms with Crippen LogP contribution >= 0.6 is 0 Å². The van der Waals surface area contributed by atoms with Crippen LogP contribution in [0.5, 0.6) is 0 Å². The van der Waals surface area contributed by atoms with Crippen LogP contribution in [0, 0.1) is 24.6 Å². The van der Waals surface area contributed by atoms with Gasteiger partial charge in [-0.15, -0.1) is 0 Å². The summed E-state index contributed by atoms with van der Waals surface area (Å²) < 4.78 is 13.4. The van der Waals surface area contributed by atoms with Gasteiger partial charge in [-0.25, -0.2) is 4.39 Å². The van der Waals surface area contributed by atoms with Crippen molar-refractivity contribution in [3.8, 4) is 0 Å². The Labute approximate surface area is 118 Å². The summed E-state index contributed by atoms with van der Waals surface area (Å²) in [4.78, 5) is 14.2. The van der Waals surface area contributed by atoms with E-state index in [0.29, 0.717) is 29.6 Å². The van der Waals surface area contributed by atoms with E-state index in [0.717, 1.165) is 26.2 Å². The van der Waals surface area contributed by atoms with Crippen molar-refractivity contribution >= 4 is 11.6 Å². The van der Waals surface area contributed by atoms with Gasteiger partial charge in [-0.05, 0) is 49.5 Å². The predicted molar refractivity (Wildman–Crippen MR) is 76.1 cm³/mol. The molecule has 2 fully saturated rings. The lowest BCUT2D eigenvalue weighted by molar-refractivity contribution is -0.117. The number of fused-ring (bicyclic) bond motifs is 1. The second-order valence-corrected chi connectivity index (χ2v) is 5.88. The van der Waals surface area contributed by atoms with Crippen LogP contribution in [0.1, 0.15) is 5.56 Å². The first kappa shape index (κ1) is 13.5. The summed E-state index contributed by atoms with van der Waals surface area (Å²) in [5.74, 6) is 1.00. The zero-order valence-corrected chi connectivity index (χ0v) is 11.7. The summed E-state index contributed by atoms with van der Waals surface area (Å²) >= 11 is 0. The molecule has 0 bridgehead atoms. The van der Waals surface area contributed by atoms with Crippen molar-refractivity contribution in [2.75, 3.05) is 38.0 Å². The van der Waals surface area contributed by atoms with Crippen LogP contribution in [0.4, 0.5) is 10.1 Å². The van der Waals surface area contributed by atoms with Crippen molar-refractivity contribution in [2.45, 2.75) is 6.92 Å². The molecule has 1 aromatic rings. The molecule has 1 amide bonds. The van der Waals surface area contributed by atoms with Gasteiger partial charge in [0.2, 0.25) is 5.91 Å². The summed E-state index contributed by atoms with van der Waals surface area (Å²) in [6.07, 6.45) is 0. The quantitative estimate of drug-likeness (QED) is 0.873. The van der Waals surface area contributed by atoms with Gasteiger partial charge < -0.3 is 10.6 Å². The number of likely N-dealkylation sites (tertiary alicyclic amines) is 1. The van der Waals surface area contributed by atoms with E-state index in [1.807, 2.05) is 0 Å². The minimum absolute atomic E-state index is 0.0683. The van der Waals surface area contributed by atoms with E-state index in [4.69, 9.17) is 0 Å². The molecule has 0 saturated carbocycles. The van der Waals surface area contributed by atoms with E-state index >= 15 is 0 Å². The average Bonchev–Trinajstić information content (AvgIpc) is 2.94. The van der Waals surface area contributed by atoms with Gasteiger partial charge in [-0.2, -0.15) is 0 Å². The summed E-state index contributed by atoms with van der Waals surface area (Å²) in [6, 6.07) is 4.78. The van der Waals surface area contributed by atoms with Crippen molar-refractivity contribution in [2.24, 2.45) is 11.8 Å². The molecule has 20 heavy (non-hydrogen) atoms. The highest BCUT2D eigenvalue weighted by Gasteiger charge is 2.36. The number of amides is 1. The first-order valence-corrected chi connectivity index (χ1v) is 7.11. The van der Waals surface area contributed by atoms with Crippen molar-refractivity contribution in [3.05, 3.63) is 29.6 Å². The Balaban J connectivity index is 1.53. The Bertz CT molecular complexity index is 508. The molecule has 3 rings (SSSR count). The third-order valence-corrected chi connectivity index (χ3v) is 4.29. The SMILES string of the molecule is Cc1ccc(NC(=O)CN2CC3CNCC3C2)cc1F. The normalized spacial score (nSPS) is 25.7. The number of aryl methyl sites for hydroxylation is 1. The molecular formula is C15H20FN3O. The maximum atomic E-state index is 13.4. The third kappa shape index (κ3) is 2.83. The number of anilines is 1. The number of carbonyl (C=O) groups excluding carboxylic acids is 1. The molecule has 2 atom stereocenters. The fourth-order valence-electron chi connectivity index (χ4n) is 3.16. The number of nitrogens with one attached hydrogen (secondary N) is 2. The van der Waals surface area contributed by atoms with Crippen LogP contribution in [-0.4, -0.2) is 43.5 Å². The summed E-state index contributed by atoms with van der Waals surface area (Å²) in [6.45, 7) is 6.18. The molecule has 2 unspecified atom stereocenters. The second kappa shape index (κ2) is 5.50. The van der Waals surface area contributed by atoms with Crippen LogP contribution in [0.2, 0.25) is 0 Å². The maximum Gasteiger partial charge on any atom is 0.238 e. The van der Waals surface area contributed by atoms with Crippen molar-refractivity contribution < 1.29 is 9.18 Å². The molecule has 0 aromatic heterocycles. The fraction of sp³-hybridized carbons (Fsp3) is 0.533. The van der Waals surface area contributed by atoms with Gasteiger partial charge in [0.25, 0.3) is 0 Å². The molecule has 1 aromatic carbocycles. The van der Waals surface area contributed by atoms with Gasteiger partial charge in [0, 0.05) is 18.8 Å². The van der Waals surface area contributed by atoms with E-state index in [1.165, 1.54) is 6.07 Å². The number of nitrogens with zero attached hydrogens (tertiary/aromatic N) is 1. The van der Waals surface area contributed by atoms with Gasteiger partial charge in [-0.1, -0.05) is 6.07 Å². The highest BCUT2D eigenvalue weighted by atomic mass is 19.1. The van der Waals surface area contributed by atoms with Crippen LogP contribution in [0.25, 0.3) is 0 Å². The predicted octanol–water partition coefficient (Wildman–Crippen LogP) is 1.22. The number of halogens is 1. The van der Waals surface area contributed by atoms with Gasteiger partial charge in [0.05, 0.1) is 6.54 Å². The lowest BCUT2D eigenvalue weighted by atomic mass is 10.0. The highest BCUT2D eigenvalue weighted by Crippen LogP contribution is 2.25. The Morgan fingerprint density at radius 3 is 2.75 bits per heavy atom. The van der Waals surface area contributed by atoms with E-state index in [1.54, 1.807) is 19.1 Å². The van der Waals surface area contributed by atoms with Crippen molar-refractivity contribution in [1.29, 1.82) is 0 Å². The maximum absolute atomic E-state index is 13.4. The highest BCUT2D eigenvalue weighted by molar-refractivity contribution is 5.92. The molecular weight excluding hydrogens is 257 g/mol. The Morgan fingerprint density at radius 2 is 2.10 bits per heavy atom. The number of carbonyl (C=O) groups is 1. The minimum Gasteiger partial charge on any atom is -0.325 e. The molecule has 4 nitrogen and oxygen atoms in total. The summed E-state index contributed by atoms with van der Waals surface area (Å²) in [7, 11) is 0. The van der Waals surface area contributed by atoms with Crippen molar-refractivity contribution in [1.82, 2.24) is 10.2 Å². The number of hydrogen-bond acceptors (Lipinski definition) is 3. The zero-order chi connectivity index (χ0) is 14.1. The first-order chi connectivity index (χ1) is 9.61. The monoisotopic (exact) mass is 277 g/mol. The van der Waals surface area contributed by atoms with Crippen LogP contribution < -0.4 is 10.6 Å². The lowest BCUT2D eigenvalue weighted by Gasteiger charge is -2.16. The van der Waals surface area contributed by atoms with Crippen LogP contribution in [-0.2, 0) is 4.79 Å². The number of hydrogen-bond donors (Lipinski definition) is 2. The molecule has 2 aliphatic rings. The Kier molecular flexibility index (Phi) is 3.72. The van der Waals surface area contributed by atoms with E-state index in [2.05, 4.69) is 15.5 Å².